The highest BCUT2D eigenvalue weighted by atomic mass is 16.5. The van der Waals surface area contributed by atoms with Gasteiger partial charge in [0.15, 0.2) is 0 Å². The minimum absolute atomic E-state index is 0.505. The number of hydrogen-bond acceptors (Lipinski definition) is 2. The number of carboxylic acids is 1. The molecule has 0 heterocycles. The molecule has 26 heavy (non-hydrogen) atoms. The third-order valence-corrected chi connectivity index (χ3v) is 4.46. The van der Waals surface area contributed by atoms with Crippen LogP contribution in [-0.4, -0.2) is 11.1 Å². The van der Waals surface area contributed by atoms with E-state index in [1.54, 1.807) is 0 Å². The summed E-state index contributed by atoms with van der Waals surface area (Å²) in [4.78, 5) is 11.8. The van der Waals surface area contributed by atoms with Gasteiger partial charge in [-0.2, -0.15) is 0 Å². The van der Waals surface area contributed by atoms with Crippen LogP contribution in [0.2, 0.25) is 0 Å². The van der Waals surface area contributed by atoms with Crippen LogP contribution in [-0.2, 0) is 11.2 Å². The maximum absolute atomic E-state index is 11.8. The molecule has 0 saturated carbocycles. The van der Waals surface area contributed by atoms with Crippen LogP contribution in [0.5, 0.6) is 11.5 Å². The summed E-state index contributed by atoms with van der Waals surface area (Å²) in [6.07, 6.45) is 1.23. The first-order valence-electron chi connectivity index (χ1n) is 8.73. The lowest BCUT2D eigenvalue weighted by Gasteiger charge is -2.15. The van der Waals surface area contributed by atoms with Crippen molar-refractivity contribution < 1.29 is 14.6 Å². The van der Waals surface area contributed by atoms with E-state index >= 15 is 0 Å². The van der Waals surface area contributed by atoms with Crippen LogP contribution in [0.25, 0.3) is 0 Å². The van der Waals surface area contributed by atoms with E-state index in [9.17, 15) is 9.90 Å². The molecule has 0 aliphatic rings. The van der Waals surface area contributed by atoms with Crippen molar-refractivity contribution in [2.75, 3.05) is 0 Å². The van der Waals surface area contributed by atoms with Crippen LogP contribution in [0, 0.1) is 6.92 Å². The van der Waals surface area contributed by atoms with E-state index in [0.29, 0.717) is 12.8 Å². The van der Waals surface area contributed by atoms with Crippen molar-refractivity contribution in [1.29, 1.82) is 0 Å². The molecule has 3 rings (SSSR count). The van der Waals surface area contributed by atoms with Crippen LogP contribution in [0.15, 0.2) is 78.9 Å². The van der Waals surface area contributed by atoms with Gasteiger partial charge in [-0.3, -0.25) is 4.79 Å². The Kier molecular flexibility index (Phi) is 5.69. The van der Waals surface area contributed by atoms with Gasteiger partial charge in [-0.25, -0.2) is 0 Å². The predicted octanol–water partition coefficient (Wildman–Crippen LogP) is 5.59. The van der Waals surface area contributed by atoms with Gasteiger partial charge < -0.3 is 9.84 Å². The number of aliphatic carboxylic acids is 1. The topological polar surface area (TPSA) is 46.5 Å². The van der Waals surface area contributed by atoms with E-state index in [1.165, 1.54) is 0 Å². The molecule has 0 aliphatic carbocycles. The van der Waals surface area contributed by atoms with Crippen molar-refractivity contribution >= 4 is 5.97 Å². The molecule has 0 saturated heterocycles. The van der Waals surface area contributed by atoms with E-state index in [1.807, 2.05) is 85.8 Å². The number of carbonyl (C=O) groups is 1. The van der Waals surface area contributed by atoms with Crippen LogP contribution in [0.1, 0.15) is 29.0 Å². The normalized spacial score (nSPS) is 11.7. The Morgan fingerprint density at radius 1 is 0.923 bits per heavy atom. The molecule has 3 aromatic carbocycles. The molecule has 132 valence electrons. The lowest BCUT2D eigenvalue weighted by atomic mass is 9.89. The lowest BCUT2D eigenvalue weighted by Crippen LogP contribution is -2.14. The molecule has 1 atom stereocenters. The summed E-state index contributed by atoms with van der Waals surface area (Å²) < 4.78 is 5.86. The maximum Gasteiger partial charge on any atom is 0.310 e. The molecule has 0 aliphatic heterocycles. The molecule has 0 aromatic heterocycles. The van der Waals surface area contributed by atoms with E-state index in [-0.39, 0.29) is 0 Å². The van der Waals surface area contributed by atoms with Crippen molar-refractivity contribution in [1.82, 2.24) is 0 Å². The molecule has 3 heteroatoms. The molecule has 0 bridgehead atoms. The molecule has 0 fully saturated rings. The van der Waals surface area contributed by atoms with Crippen molar-refractivity contribution in [3.05, 3.63) is 95.6 Å². The average molecular weight is 346 g/mol. The summed E-state index contributed by atoms with van der Waals surface area (Å²) in [5, 5.41) is 9.65. The number of para-hydroxylation sites is 1. The zero-order chi connectivity index (χ0) is 18.4. The fraction of sp³-hybridized carbons (Fsp3) is 0.174. The monoisotopic (exact) mass is 346 g/mol. The molecule has 3 aromatic rings. The van der Waals surface area contributed by atoms with Crippen LogP contribution >= 0.6 is 0 Å². The summed E-state index contributed by atoms with van der Waals surface area (Å²) >= 11 is 0. The number of benzene rings is 3. The Bertz CT molecular complexity index is 871. The van der Waals surface area contributed by atoms with Crippen molar-refractivity contribution in [2.24, 2.45) is 0 Å². The predicted molar refractivity (Wildman–Crippen MR) is 103 cm³/mol. The summed E-state index contributed by atoms with van der Waals surface area (Å²) in [7, 11) is 0. The van der Waals surface area contributed by atoms with Gasteiger partial charge in [-0.15, -0.1) is 0 Å². The highest BCUT2D eigenvalue weighted by Crippen LogP contribution is 2.27. The van der Waals surface area contributed by atoms with Gasteiger partial charge in [0, 0.05) is 0 Å². The Morgan fingerprint density at radius 3 is 2.35 bits per heavy atom. The number of aryl methyl sites for hydroxylation is 2. The van der Waals surface area contributed by atoms with E-state index < -0.39 is 11.9 Å². The van der Waals surface area contributed by atoms with E-state index in [2.05, 4.69) is 0 Å². The van der Waals surface area contributed by atoms with Gasteiger partial charge in [0.25, 0.3) is 0 Å². The molecule has 1 N–H and O–H groups in total. The number of rotatable bonds is 7. The van der Waals surface area contributed by atoms with Gasteiger partial charge in [0.05, 0.1) is 5.92 Å². The Hall–Kier alpha value is -3.07. The standard InChI is InChI=1S/C23H22O3/c1-17-8-5-6-13-21(17)22(23(24)25)15-14-18-9-7-12-20(16-18)26-19-10-3-2-4-11-19/h2-13,16,22H,14-15H2,1H3,(H,24,25). The van der Waals surface area contributed by atoms with Gasteiger partial charge in [0.1, 0.15) is 11.5 Å². The zero-order valence-electron chi connectivity index (χ0n) is 14.8. The molecule has 3 nitrogen and oxygen atoms in total. The van der Waals surface area contributed by atoms with E-state index in [4.69, 9.17) is 4.74 Å². The first-order chi connectivity index (χ1) is 12.6. The Balaban J connectivity index is 1.71. The van der Waals surface area contributed by atoms with Gasteiger partial charge in [-0.1, -0.05) is 54.6 Å². The Morgan fingerprint density at radius 2 is 1.62 bits per heavy atom. The average Bonchev–Trinajstić information content (AvgIpc) is 2.64. The first kappa shape index (κ1) is 17.7. The SMILES string of the molecule is Cc1ccccc1C(CCc1cccc(Oc2ccccc2)c1)C(=O)O. The molecule has 0 spiro atoms. The summed E-state index contributed by atoms with van der Waals surface area (Å²) in [6, 6.07) is 25.1. The molecular weight excluding hydrogens is 324 g/mol. The zero-order valence-corrected chi connectivity index (χ0v) is 14.8. The minimum Gasteiger partial charge on any atom is -0.481 e. The van der Waals surface area contributed by atoms with Gasteiger partial charge in [0.2, 0.25) is 0 Å². The molecule has 0 radical (unpaired) electrons. The second kappa shape index (κ2) is 8.34. The lowest BCUT2D eigenvalue weighted by molar-refractivity contribution is -0.139. The fourth-order valence-electron chi connectivity index (χ4n) is 3.09. The van der Waals surface area contributed by atoms with Crippen molar-refractivity contribution in [3.8, 4) is 11.5 Å². The summed E-state index contributed by atoms with van der Waals surface area (Å²) in [5.41, 5.74) is 2.97. The summed E-state index contributed by atoms with van der Waals surface area (Å²) in [5.74, 6) is 0.260. The minimum atomic E-state index is -0.781. The highest BCUT2D eigenvalue weighted by molar-refractivity contribution is 5.76. The van der Waals surface area contributed by atoms with Gasteiger partial charge in [-0.05, 0) is 60.7 Å². The number of hydrogen-bond donors (Lipinski definition) is 1. The van der Waals surface area contributed by atoms with Crippen molar-refractivity contribution in [2.45, 2.75) is 25.7 Å². The second-order valence-electron chi connectivity index (χ2n) is 6.35. The quantitative estimate of drug-likeness (QED) is 0.607. The number of ether oxygens (including phenoxy) is 1. The fourth-order valence-corrected chi connectivity index (χ4v) is 3.09. The first-order valence-corrected chi connectivity index (χ1v) is 8.73. The largest absolute Gasteiger partial charge is 0.481 e. The third-order valence-electron chi connectivity index (χ3n) is 4.46. The Labute approximate surface area is 153 Å². The van der Waals surface area contributed by atoms with E-state index in [0.717, 1.165) is 28.2 Å². The molecular formula is C23H22O3. The van der Waals surface area contributed by atoms with Crippen LogP contribution < -0.4 is 4.74 Å². The van der Waals surface area contributed by atoms with Crippen molar-refractivity contribution in [3.63, 3.8) is 0 Å². The van der Waals surface area contributed by atoms with Crippen LogP contribution in [0.3, 0.4) is 0 Å². The summed E-state index contributed by atoms with van der Waals surface area (Å²) in [6.45, 7) is 1.96. The highest BCUT2D eigenvalue weighted by Gasteiger charge is 2.21. The smallest absolute Gasteiger partial charge is 0.310 e. The van der Waals surface area contributed by atoms with Gasteiger partial charge >= 0.3 is 5.97 Å². The maximum atomic E-state index is 11.8. The molecule has 1 unspecified atom stereocenters. The molecule has 0 amide bonds. The van der Waals surface area contributed by atoms with Crippen LogP contribution in [0.4, 0.5) is 0 Å². The second-order valence-corrected chi connectivity index (χ2v) is 6.35. The number of carboxylic acid groups (broad SMARTS) is 1. The third kappa shape index (κ3) is 4.51.